The standard InChI is InChI=1S/C18H22F2N6O2/c1-28-18-12(20)6-9(8-23-18)24-16-10(15(22)27)7-11(19)17(26-16)25-14-5-3-2-4-13(14)21/h6-8,13-14H,2-5,21H2,1H3,(H2,22,27)(H2,24,25,26)/t13-,14+/m0/s1. The smallest absolute Gasteiger partial charge is 0.252 e. The van der Waals surface area contributed by atoms with Crippen LogP contribution < -0.4 is 26.8 Å². The monoisotopic (exact) mass is 392 g/mol. The van der Waals surface area contributed by atoms with Crippen molar-refractivity contribution in [3.8, 4) is 5.88 Å². The first-order chi connectivity index (χ1) is 13.4. The summed E-state index contributed by atoms with van der Waals surface area (Å²) in [4.78, 5) is 19.7. The van der Waals surface area contributed by atoms with Gasteiger partial charge in [-0.2, -0.15) is 0 Å². The molecule has 6 N–H and O–H groups in total. The van der Waals surface area contributed by atoms with E-state index in [1.54, 1.807) is 0 Å². The summed E-state index contributed by atoms with van der Waals surface area (Å²) in [6.45, 7) is 0. The number of primary amides is 1. The summed E-state index contributed by atoms with van der Waals surface area (Å²) in [5, 5.41) is 5.76. The van der Waals surface area contributed by atoms with Crippen LogP contribution in [-0.2, 0) is 0 Å². The van der Waals surface area contributed by atoms with Crippen molar-refractivity contribution in [3.05, 3.63) is 35.5 Å². The van der Waals surface area contributed by atoms with Crippen molar-refractivity contribution in [1.29, 1.82) is 0 Å². The van der Waals surface area contributed by atoms with E-state index in [0.29, 0.717) is 0 Å². The molecule has 1 saturated carbocycles. The van der Waals surface area contributed by atoms with Crippen LogP contribution in [0, 0.1) is 11.6 Å². The van der Waals surface area contributed by atoms with Crippen LogP contribution in [0.1, 0.15) is 36.0 Å². The molecule has 0 unspecified atom stereocenters. The molecule has 0 radical (unpaired) electrons. The van der Waals surface area contributed by atoms with Crippen molar-refractivity contribution in [2.75, 3.05) is 17.7 Å². The maximum absolute atomic E-state index is 14.5. The number of halogens is 2. The van der Waals surface area contributed by atoms with Gasteiger partial charge < -0.3 is 26.8 Å². The molecule has 150 valence electrons. The van der Waals surface area contributed by atoms with Crippen molar-refractivity contribution in [2.24, 2.45) is 11.5 Å². The van der Waals surface area contributed by atoms with E-state index >= 15 is 0 Å². The molecule has 1 amide bonds. The Morgan fingerprint density at radius 1 is 1.21 bits per heavy atom. The van der Waals surface area contributed by atoms with Crippen LogP contribution in [-0.4, -0.2) is 35.1 Å². The minimum Gasteiger partial charge on any atom is -0.479 e. The number of amides is 1. The zero-order chi connectivity index (χ0) is 20.3. The number of pyridine rings is 2. The Labute approximate surface area is 160 Å². The molecule has 2 atom stereocenters. The van der Waals surface area contributed by atoms with Gasteiger partial charge in [0.25, 0.3) is 5.91 Å². The number of nitrogens with zero attached hydrogens (tertiary/aromatic N) is 2. The summed E-state index contributed by atoms with van der Waals surface area (Å²) in [6.07, 6.45) is 4.92. The molecule has 1 aliphatic carbocycles. The number of nitrogens with two attached hydrogens (primary N) is 2. The molecule has 0 aromatic carbocycles. The zero-order valence-electron chi connectivity index (χ0n) is 15.3. The molecule has 0 aliphatic heterocycles. The van der Waals surface area contributed by atoms with Crippen molar-refractivity contribution in [3.63, 3.8) is 0 Å². The number of hydrogen-bond acceptors (Lipinski definition) is 7. The van der Waals surface area contributed by atoms with Gasteiger partial charge in [-0.25, -0.2) is 18.7 Å². The number of ether oxygens (including phenoxy) is 1. The van der Waals surface area contributed by atoms with E-state index in [2.05, 4.69) is 20.6 Å². The van der Waals surface area contributed by atoms with E-state index in [-0.39, 0.29) is 40.9 Å². The molecule has 0 spiro atoms. The highest BCUT2D eigenvalue weighted by molar-refractivity contribution is 5.98. The maximum Gasteiger partial charge on any atom is 0.252 e. The van der Waals surface area contributed by atoms with Crippen molar-refractivity contribution < 1.29 is 18.3 Å². The van der Waals surface area contributed by atoms with Crippen LogP contribution >= 0.6 is 0 Å². The van der Waals surface area contributed by atoms with Crippen LogP contribution in [0.5, 0.6) is 5.88 Å². The van der Waals surface area contributed by atoms with Gasteiger partial charge in [-0.15, -0.1) is 0 Å². The number of anilines is 3. The molecule has 0 saturated heterocycles. The summed E-state index contributed by atoms with van der Waals surface area (Å²) in [5.41, 5.74) is 11.5. The third kappa shape index (κ3) is 4.28. The number of rotatable bonds is 6. The van der Waals surface area contributed by atoms with Gasteiger partial charge in [0.15, 0.2) is 17.5 Å². The Kier molecular flexibility index (Phi) is 5.88. The number of methoxy groups -OCH3 is 1. The first kappa shape index (κ1) is 19.7. The topological polar surface area (TPSA) is 128 Å². The van der Waals surface area contributed by atoms with Gasteiger partial charge >= 0.3 is 0 Å². The van der Waals surface area contributed by atoms with Gasteiger partial charge in [0, 0.05) is 18.2 Å². The predicted octanol–water partition coefficient (Wildman–Crippen LogP) is 2.29. The summed E-state index contributed by atoms with van der Waals surface area (Å²) in [7, 11) is 1.29. The molecular weight excluding hydrogens is 370 g/mol. The molecule has 2 aromatic heterocycles. The van der Waals surface area contributed by atoms with Gasteiger partial charge in [0.1, 0.15) is 5.82 Å². The van der Waals surface area contributed by atoms with E-state index in [4.69, 9.17) is 16.2 Å². The minimum absolute atomic E-state index is 0.0212. The third-order valence-corrected chi connectivity index (χ3v) is 4.65. The minimum atomic E-state index is -0.878. The Bertz CT molecular complexity index is 879. The summed E-state index contributed by atoms with van der Waals surface area (Å²) < 4.78 is 33.1. The molecule has 28 heavy (non-hydrogen) atoms. The van der Waals surface area contributed by atoms with E-state index in [1.165, 1.54) is 13.3 Å². The van der Waals surface area contributed by atoms with Crippen LogP contribution in [0.2, 0.25) is 0 Å². The van der Waals surface area contributed by atoms with Crippen LogP contribution in [0.3, 0.4) is 0 Å². The molecule has 8 nitrogen and oxygen atoms in total. The first-order valence-corrected chi connectivity index (χ1v) is 8.88. The second-order valence-corrected chi connectivity index (χ2v) is 6.62. The second-order valence-electron chi connectivity index (χ2n) is 6.62. The fraction of sp³-hybridized carbons (Fsp3) is 0.389. The number of aromatic nitrogens is 2. The fourth-order valence-corrected chi connectivity index (χ4v) is 3.17. The van der Waals surface area contributed by atoms with E-state index in [9.17, 15) is 13.6 Å². The number of hydrogen-bond donors (Lipinski definition) is 4. The van der Waals surface area contributed by atoms with E-state index in [0.717, 1.165) is 37.8 Å². The number of carbonyl (C=O) groups is 1. The van der Waals surface area contributed by atoms with Crippen LogP contribution in [0.25, 0.3) is 0 Å². The lowest BCUT2D eigenvalue weighted by Gasteiger charge is -2.30. The normalized spacial score (nSPS) is 19.1. The lowest BCUT2D eigenvalue weighted by atomic mass is 9.91. The van der Waals surface area contributed by atoms with Crippen molar-refractivity contribution in [2.45, 2.75) is 37.8 Å². The molecule has 1 aliphatic rings. The Morgan fingerprint density at radius 2 is 1.96 bits per heavy atom. The van der Waals surface area contributed by atoms with Gasteiger partial charge in [-0.1, -0.05) is 12.8 Å². The lowest BCUT2D eigenvalue weighted by molar-refractivity contribution is 0.100. The highest BCUT2D eigenvalue weighted by Gasteiger charge is 2.24. The zero-order valence-corrected chi connectivity index (χ0v) is 15.3. The quantitative estimate of drug-likeness (QED) is 0.594. The Balaban J connectivity index is 1.92. The highest BCUT2D eigenvalue weighted by atomic mass is 19.1. The summed E-state index contributed by atoms with van der Waals surface area (Å²) in [5.74, 6) is -2.57. The van der Waals surface area contributed by atoms with Gasteiger partial charge in [0.2, 0.25) is 5.88 Å². The van der Waals surface area contributed by atoms with Gasteiger partial charge in [-0.3, -0.25) is 4.79 Å². The largest absolute Gasteiger partial charge is 0.479 e. The van der Waals surface area contributed by atoms with Crippen molar-refractivity contribution in [1.82, 2.24) is 9.97 Å². The molecule has 0 bridgehead atoms. The van der Waals surface area contributed by atoms with Crippen molar-refractivity contribution >= 4 is 23.2 Å². The molecule has 2 aromatic rings. The lowest BCUT2D eigenvalue weighted by Crippen LogP contribution is -2.43. The predicted molar refractivity (Wildman–Crippen MR) is 101 cm³/mol. The third-order valence-electron chi connectivity index (χ3n) is 4.65. The van der Waals surface area contributed by atoms with E-state index < -0.39 is 17.5 Å². The van der Waals surface area contributed by atoms with Crippen LogP contribution in [0.15, 0.2) is 18.3 Å². The molecule has 3 rings (SSSR count). The summed E-state index contributed by atoms with van der Waals surface area (Å²) >= 11 is 0. The molecule has 1 fully saturated rings. The maximum atomic E-state index is 14.5. The molecular formula is C18H22F2N6O2. The average molecular weight is 392 g/mol. The molecule has 10 heteroatoms. The van der Waals surface area contributed by atoms with Gasteiger partial charge in [-0.05, 0) is 18.9 Å². The average Bonchev–Trinajstić information content (AvgIpc) is 2.66. The number of carbonyl (C=O) groups excluding carboxylic acids is 1. The number of nitrogens with one attached hydrogen (secondary N) is 2. The Hall–Kier alpha value is -3.01. The van der Waals surface area contributed by atoms with Crippen LogP contribution in [0.4, 0.5) is 26.1 Å². The summed E-state index contributed by atoms with van der Waals surface area (Å²) in [6, 6.07) is 1.85. The molecule has 2 heterocycles. The fourth-order valence-electron chi connectivity index (χ4n) is 3.17. The second kappa shape index (κ2) is 8.34. The van der Waals surface area contributed by atoms with E-state index in [1.807, 2.05) is 0 Å². The highest BCUT2D eigenvalue weighted by Crippen LogP contribution is 2.27. The van der Waals surface area contributed by atoms with Gasteiger partial charge in [0.05, 0.1) is 24.6 Å². The Morgan fingerprint density at radius 3 is 2.61 bits per heavy atom. The SMILES string of the molecule is COc1ncc(Nc2nc(N[C@@H]3CCCC[C@@H]3N)c(F)cc2C(N)=O)cc1F. The first-order valence-electron chi connectivity index (χ1n) is 8.88.